The lowest BCUT2D eigenvalue weighted by Gasteiger charge is -2.11. The zero-order valence-corrected chi connectivity index (χ0v) is 10.7. The van der Waals surface area contributed by atoms with E-state index >= 15 is 0 Å². The molecule has 16 heavy (non-hydrogen) atoms. The van der Waals surface area contributed by atoms with Crippen molar-refractivity contribution in [3.05, 3.63) is 28.2 Å². The van der Waals surface area contributed by atoms with Gasteiger partial charge in [0.1, 0.15) is 6.10 Å². The van der Waals surface area contributed by atoms with Gasteiger partial charge in [-0.05, 0) is 43.5 Å². The molecule has 0 aromatic heterocycles. The number of halogens is 1. The summed E-state index contributed by atoms with van der Waals surface area (Å²) in [5, 5.41) is 2.87. The Hall–Kier alpha value is -0.870. The van der Waals surface area contributed by atoms with Crippen LogP contribution in [0, 0.1) is 6.92 Å². The molecule has 1 N–H and O–H groups in total. The summed E-state index contributed by atoms with van der Waals surface area (Å²) in [6.45, 7) is 2.68. The molecule has 1 atom stereocenters. The second-order valence-corrected chi connectivity index (χ2v) is 4.81. The summed E-state index contributed by atoms with van der Waals surface area (Å²) in [5.74, 6) is -0.0424. The molecule has 1 aromatic carbocycles. The maximum absolute atomic E-state index is 11.8. The second kappa shape index (κ2) is 4.97. The lowest BCUT2D eigenvalue weighted by atomic mass is 10.2. The highest BCUT2D eigenvalue weighted by atomic mass is 79.9. The van der Waals surface area contributed by atoms with Crippen LogP contribution in [0.1, 0.15) is 18.4 Å². The third-order valence-electron chi connectivity index (χ3n) is 2.65. The van der Waals surface area contributed by atoms with Gasteiger partial charge in [-0.15, -0.1) is 0 Å². The first-order valence-corrected chi connectivity index (χ1v) is 6.15. The van der Waals surface area contributed by atoms with E-state index in [1.807, 2.05) is 25.1 Å². The average molecular weight is 284 g/mol. The predicted molar refractivity (Wildman–Crippen MR) is 66.5 cm³/mol. The molecule has 1 aliphatic heterocycles. The van der Waals surface area contributed by atoms with Crippen molar-refractivity contribution in [1.29, 1.82) is 0 Å². The Bertz CT molecular complexity index is 400. The van der Waals surface area contributed by atoms with Crippen molar-refractivity contribution in [3.8, 4) is 0 Å². The molecular weight excluding hydrogens is 270 g/mol. The zero-order chi connectivity index (χ0) is 11.5. The smallest absolute Gasteiger partial charge is 0.253 e. The molecule has 0 saturated carbocycles. The molecule has 1 fully saturated rings. The molecule has 1 aliphatic rings. The van der Waals surface area contributed by atoms with Crippen molar-refractivity contribution in [1.82, 2.24) is 0 Å². The highest BCUT2D eigenvalue weighted by Crippen LogP contribution is 2.21. The molecular formula is C12H14BrNO2. The number of benzene rings is 1. The molecule has 4 heteroatoms. The summed E-state index contributed by atoms with van der Waals surface area (Å²) >= 11 is 3.42. The van der Waals surface area contributed by atoms with Gasteiger partial charge in [0.15, 0.2) is 0 Å². The highest BCUT2D eigenvalue weighted by molar-refractivity contribution is 9.10. The first kappa shape index (κ1) is 11.6. The SMILES string of the molecule is Cc1cc(NC(=O)[C@H]2CCCO2)ccc1Br. The van der Waals surface area contributed by atoms with Gasteiger partial charge in [0.25, 0.3) is 5.91 Å². The van der Waals surface area contributed by atoms with Crippen LogP contribution < -0.4 is 5.32 Å². The monoisotopic (exact) mass is 283 g/mol. The maximum Gasteiger partial charge on any atom is 0.253 e. The predicted octanol–water partition coefficient (Wildman–Crippen LogP) is 2.88. The third-order valence-corrected chi connectivity index (χ3v) is 3.54. The average Bonchev–Trinajstić information content (AvgIpc) is 2.77. The minimum atomic E-state index is -0.274. The lowest BCUT2D eigenvalue weighted by Crippen LogP contribution is -2.26. The molecule has 1 amide bonds. The first-order chi connectivity index (χ1) is 7.66. The topological polar surface area (TPSA) is 38.3 Å². The van der Waals surface area contributed by atoms with Crippen LogP contribution in [0.5, 0.6) is 0 Å². The molecule has 0 unspecified atom stereocenters. The third kappa shape index (κ3) is 2.62. The van der Waals surface area contributed by atoms with Gasteiger partial charge in [0, 0.05) is 16.8 Å². The Labute approximate surface area is 103 Å². The number of hydrogen-bond acceptors (Lipinski definition) is 2. The molecule has 1 heterocycles. The van der Waals surface area contributed by atoms with Crippen LogP contribution in [-0.4, -0.2) is 18.6 Å². The van der Waals surface area contributed by atoms with Crippen LogP contribution in [0.15, 0.2) is 22.7 Å². The fraction of sp³-hybridized carbons (Fsp3) is 0.417. The Morgan fingerprint density at radius 1 is 1.56 bits per heavy atom. The number of hydrogen-bond donors (Lipinski definition) is 1. The van der Waals surface area contributed by atoms with Crippen LogP contribution in [0.3, 0.4) is 0 Å². The van der Waals surface area contributed by atoms with Gasteiger partial charge in [-0.25, -0.2) is 0 Å². The van der Waals surface area contributed by atoms with Gasteiger partial charge >= 0.3 is 0 Å². The summed E-state index contributed by atoms with van der Waals surface area (Å²) < 4.78 is 6.36. The van der Waals surface area contributed by atoms with Crippen LogP contribution in [0.25, 0.3) is 0 Å². The molecule has 0 aliphatic carbocycles. The summed E-state index contributed by atoms with van der Waals surface area (Å²) in [6, 6.07) is 5.75. The molecule has 2 rings (SSSR count). The quantitative estimate of drug-likeness (QED) is 0.906. The van der Waals surface area contributed by atoms with E-state index < -0.39 is 0 Å². The minimum absolute atomic E-state index is 0.0424. The minimum Gasteiger partial charge on any atom is -0.368 e. The molecule has 86 valence electrons. The summed E-state index contributed by atoms with van der Waals surface area (Å²) in [6.07, 6.45) is 1.52. The van der Waals surface area contributed by atoms with Crippen molar-refractivity contribution in [2.24, 2.45) is 0 Å². The standard InChI is InChI=1S/C12H14BrNO2/c1-8-7-9(4-5-10(8)13)14-12(15)11-3-2-6-16-11/h4-5,7,11H,2-3,6H2,1H3,(H,14,15)/t11-/m1/s1. The molecule has 0 spiro atoms. The van der Waals surface area contributed by atoms with Crippen LogP contribution in [0.4, 0.5) is 5.69 Å². The summed E-state index contributed by atoms with van der Waals surface area (Å²) in [4.78, 5) is 11.8. The largest absolute Gasteiger partial charge is 0.368 e. The van der Waals surface area contributed by atoms with E-state index in [-0.39, 0.29) is 12.0 Å². The Balaban J connectivity index is 2.02. The second-order valence-electron chi connectivity index (χ2n) is 3.95. The number of aryl methyl sites for hydroxylation is 1. The van der Waals surface area contributed by atoms with E-state index in [4.69, 9.17) is 4.74 Å². The van der Waals surface area contributed by atoms with Crippen molar-refractivity contribution in [2.45, 2.75) is 25.9 Å². The van der Waals surface area contributed by atoms with Crippen LogP contribution in [-0.2, 0) is 9.53 Å². The molecule has 0 radical (unpaired) electrons. The van der Waals surface area contributed by atoms with E-state index in [2.05, 4.69) is 21.2 Å². The van der Waals surface area contributed by atoms with E-state index in [1.165, 1.54) is 0 Å². The number of carbonyl (C=O) groups is 1. The Kier molecular flexibility index (Phi) is 3.61. The molecule has 1 saturated heterocycles. The molecule has 3 nitrogen and oxygen atoms in total. The van der Waals surface area contributed by atoms with Gasteiger partial charge in [0.05, 0.1) is 0 Å². The molecule has 1 aromatic rings. The van der Waals surface area contributed by atoms with Crippen molar-refractivity contribution >= 4 is 27.5 Å². The van der Waals surface area contributed by atoms with Crippen LogP contribution >= 0.6 is 15.9 Å². The van der Waals surface area contributed by atoms with E-state index in [0.717, 1.165) is 28.6 Å². The Morgan fingerprint density at radius 3 is 3.00 bits per heavy atom. The van der Waals surface area contributed by atoms with E-state index in [0.29, 0.717) is 6.61 Å². The number of carbonyl (C=O) groups excluding carboxylic acids is 1. The fourth-order valence-corrected chi connectivity index (χ4v) is 1.98. The number of rotatable bonds is 2. The van der Waals surface area contributed by atoms with Gasteiger partial charge in [-0.1, -0.05) is 15.9 Å². The first-order valence-electron chi connectivity index (χ1n) is 5.35. The van der Waals surface area contributed by atoms with Crippen LogP contribution in [0.2, 0.25) is 0 Å². The molecule has 0 bridgehead atoms. The van der Waals surface area contributed by atoms with Gasteiger partial charge in [-0.3, -0.25) is 4.79 Å². The van der Waals surface area contributed by atoms with Gasteiger partial charge in [0.2, 0.25) is 0 Å². The number of anilines is 1. The highest BCUT2D eigenvalue weighted by Gasteiger charge is 2.23. The van der Waals surface area contributed by atoms with Crippen molar-refractivity contribution in [3.63, 3.8) is 0 Å². The maximum atomic E-state index is 11.8. The fourth-order valence-electron chi connectivity index (χ4n) is 1.73. The Morgan fingerprint density at radius 2 is 2.38 bits per heavy atom. The van der Waals surface area contributed by atoms with E-state index in [9.17, 15) is 4.79 Å². The number of nitrogens with one attached hydrogen (secondary N) is 1. The number of amides is 1. The normalized spacial score (nSPS) is 19.8. The van der Waals surface area contributed by atoms with E-state index in [1.54, 1.807) is 0 Å². The summed E-state index contributed by atoms with van der Waals surface area (Å²) in [7, 11) is 0. The zero-order valence-electron chi connectivity index (χ0n) is 9.13. The van der Waals surface area contributed by atoms with Gasteiger partial charge in [-0.2, -0.15) is 0 Å². The lowest BCUT2D eigenvalue weighted by molar-refractivity contribution is -0.124. The van der Waals surface area contributed by atoms with Crippen molar-refractivity contribution in [2.75, 3.05) is 11.9 Å². The van der Waals surface area contributed by atoms with Gasteiger partial charge < -0.3 is 10.1 Å². The number of ether oxygens (including phenoxy) is 1. The summed E-state index contributed by atoms with van der Waals surface area (Å²) in [5.41, 5.74) is 1.92. The van der Waals surface area contributed by atoms with Crippen molar-refractivity contribution < 1.29 is 9.53 Å².